The molecule has 1 amide bonds. The lowest BCUT2D eigenvalue weighted by Gasteiger charge is -2.18. The third-order valence-electron chi connectivity index (χ3n) is 4.22. The summed E-state index contributed by atoms with van der Waals surface area (Å²) in [7, 11) is 0. The molecule has 1 heterocycles. The summed E-state index contributed by atoms with van der Waals surface area (Å²) >= 11 is 0. The van der Waals surface area contributed by atoms with Gasteiger partial charge < -0.3 is 14.8 Å². The number of hydrogen-bond acceptors (Lipinski definition) is 3. The second-order valence-electron chi connectivity index (χ2n) is 5.54. The first-order chi connectivity index (χ1) is 9.52. The molecule has 0 radical (unpaired) electrons. The SMILES string of the molecule is CCC1CC(C(=O)O)C(C(=O)N[C@@H](C)c2ccco2)C1. The number of nitrogens with one attached hydrogen (secondary N) is 1. The Morgan fingerprint density at radius 2 is 2.15 bits per heavy atom. The Morgan fingerprint density at radius 1 is 1.45 bits per heavy atom. The molecule has 1 aromatic heterocycles. The molecule has 3 unspecified atom stereocenters. The van der Waals surface area contributed by atoms with Crippen LogP contribution in [0.2, 0.25) is 0 Å². The third kappa shape index (κ3) is 3.03. The Hall–Kier alpha value is -1.78. The normalized spacial score (nSPS) is 27.2. The van der Waals surface area contributed by atoms with Crippen molar-refractivity contribution in [3.63, 3.8) is 0 Å². The van der Waals surface area contributed by atoms with Crippen molar-refractivity contribution in [2.45, 2.75) is 39.2 Å². The van der Waals surface area contributed by atoms with Crippen molar-refractivity contribution >= 4 is 11.9 Å². The van der Waals surface area contributed by atoms with Crippen molar-refractivity contribution in [1.82, 2.24) is 5.32 Å². The Kier molecular flexibility index (Phi) is 4.47. The Bertz CT molecular complexity index is 468. The molecule has 2 rings (SSSR count). The fourth-order valence-electron chi connectivity index (χ4n) is 2.97. The predicted molar refractivity (Wildman–Crippen MR) is 72.9 cm³/mol. The van der Waals surface area contributed by atoms with Gasteiger partial charge in [0.05, 0.1) is 24.1 Å². The molecule has 1 aliphatic rings. The lowest BCUT2D eigenvalue weighted by atomic mass is 9.95. The van der Waals surface area contributed by atoms with E-state index in [1.807, 2.05) is 13.8 Å². The van der Waals surface area contributed by atoms with E-state index in [-0.39, 0.29) is 11.9 Å². The van der Waals surface area contributed by atoms with Crippen LogP contribution in [0.3, 0.4) is 0 Å². The Labute approximate surface area is 118 Å². The van der Waals surface area contributed by atoms with Gasteiger partial charge in [0.2, 0.25) is 5.91 Å². The Balaban J connectivity index is 2.02. The van der Waals surface area contributed by atoms with Crippen LogP contribution in [-0.2, 0) is 9.59 Å². The van der Waals surface area contributed by atoms with Crippen LogP contribution in [0.1, 0.15) is 44.9 Å². The molecule has 0 aromatic carbocycles. The zero-order valence-corrected chi connectivity index (χ0v) is 11.8. The molecule has 0 bridgehead atoms. The van der Waals surface area contributed by atoms with Gasteiger partial charge in [-0.1, -0.05) is 13.3 Å². The van der Waals surface area contributed by atoms with Gasteiger partial charge in [-0.3, -0.25) is 9.59 Å². The van der Waals surface area contributed by atoms with Crippen molar-refractivity contribution in [1.29, 1.82) is 0 Å². The molecule has 1 aromatic rings. The van der Waals surface area contributed by atoms with E-state index < -0.39 is 17.8 Å². The number of carboxylic acid groups (broad SMARTS) is 1. The standard InChI is InChI=1S/C15H21NO4/c1-3-10-7-11(12(8-10)15(18)19)14(17)16-9(2)13-5-4-6-20-13/h4-6,9-12H,3,7-8H2,1-2H3,(H,16,17)(H,18,19)/t9-,10?,11?,12?/m0/s1. The van der Waals surface area contributed by atoms with Gasteiger partial charge in [0.15, 0.2) is 0 Å². The van der Waals surface area contributed by atoms with E-state index in [0.717, 1.165) is 6.42 Å². The minimum Gasteiger partial charge on any atom is -0.481 e. The number of hydrogen-bond donors (Lipinski definition) is 2. The van der Waals surface area contributed by atoms with E-state index in [4.69, 9.17) is 4.42 Å². The van der Waals surface area contributed by atoms with E-state index in [2.05, 4.69) is 5.32 Å². The summed E-state index contributed by atoms with van der Waals surface area (Å²) in [5.41, 5.74) is 0. The maximum absolute atomic E-state index is 12.3. The molecule has 0 aliphatic heterocycles. The highest BCUT2D eigenvalue weighted by Gasteiger charge is 2.42. The number of carboxylic acids is 1. The zero-order valence-electron chi connectivity index (χ0n) is 11.8. The summed E-state index contributed by atoms with van der Waals surface area (Å²) in [4.78, 5) is 23.6. The van der Waals surface area contributed by atoms with Crippen molar-refractivity contribution in [2.24, 2.45) is 17.8 Å². The maximum atomic E-state index is 12.3. The summed E-state index contributed by atoms with van der Waals surface area (Å²) in [5, 5.41) is 12.1. The molecule has 5 heteroatoms. The second kappa shape index (κ2) is 6.11. The highest BCUT2D eigenvalue weighted by Crippen LogP contribution is 2.38. The molecule has 20 heavy (non-hydrogen) atoms. The average Bonchev–Trinajstić information content (AvgIpc) is 3.07. The third-order valence-corrected chi connectivity index (χ3v) is 4.22. The number of amides is 1. The molecule has 4 atom stereocenters. The predicted octanol–water partition coefficient (Wildman–Crippen LogP) is 2.59. The van der Waals surface area contributed by atoms with Crippen molar-refractivity contribution in [3.8, 4) is 0 Å². The lowest BCUT2D eigenvalue weighted by molar-refractivity contribution is -0.146. The largest absolute Gasteiger partial charge is 0.481 e. The Morgan fingerprint density at radius 3 is 2.70 bits per heavy atom. The van der Waals surface area contributed by atoms with Crippen LogP contribution < -0.4 is 5.32 Å². The van der Waals surface area contributed by atoms with Gasteiger partial charge in [-0.25, -0.2) is 0 Å². The fraction of sp³-hybridized carbons (Fsp3) is 0.600. The first-order valence-electron chi connectivity index (χ1n) is 7.09. The molecule has 2 N–H and O–H groups in total. The molecule has 1 aliphatic carbocycles. The van der Waals surface area contributed by atoms with Crippen LogP contribution in [-0.4, -0.2) is 17.0 Å². The first kappa shape index (κ1) is 14.6. The molecule has 110 valence electrons. The smallest absolute Gasteiger partial charge is 0.307 e. The topological polar surface area (TPSA) is 79.5 Å². The quantitative estimate of drug-likeness (QED) is 0.868. The van der Waals surface area contributed by atoms with Gasteiger partial charge in [0, 0.05) is 0 Å². The number of furan rings is 1. The molecule has 1 saturated carbocycles. The second-order valence-corrected chi connectivity index (χ2v) is 5.54. The number of carbonyl (C=O) groups is 2. The van der Waals surface area contributed by atoms with Gasteiger partial charge >= 0.3 is 5.97 Å². The van der Waals surface area contributed by atoms with Crippen LogP contribution in [0.25, 0.3) is 0 Å². The highest BCUT2D eigenvalue weighted by molar-refractivity contribution is 5.85. The first-order valence-corrected chi connectivity index (χ1v) is 7.09. The summed E-state index contributed by atoms with van der Waals surface area (Å²) in [6.07, 6.45) is 3.73. The summed E-state index contributed by atoms with van der Waals surface area (Å²) in [6, 6.07) is 3.32. The van der Waals surface area contributed by atoms with Crippen LogP contribution in [0.5, 0.6) is 0 Å². The molecular weight excluding hydrogens is 258 g/mol. The fourth-order valence-corrected chi connectivity index (χ4v) is 2.97. The van der Waals surface area contributed by atoms with Gasteiger partial charge in [0.25, 0.3) is 0 Å². The maximum Gasteiger partial charge on any atom is 0.307 e. The van der Waals surface area contributed by atoms with Crippen molar-refractivity contribution in [3.05, 3.63) is 24.2 Å². The van der Waals surface area contributed by atoms with E-state index in [1.165, 1.54) is 0 Å². The number of rotatable bonds is 5. The van der Waals surface area contributed by atoms with Crippen molar-refractivity contribution < 1.29 is 19.1 Å². The average molecular weight is 279 g/mol. The summed E-state index contributed by atoms with van der Waals surface area (Å²) in [6.45, 7) is 3.87. The lowest BCUT2D eigenvalue weighted by Crippen LogP contribution is -2.36. The minimum absolute atomic E-state index is 0.183. The van der Waals surface area contributed by atoms with Gasteiger partial charge in [-0.2, -0.15) is 0 Å². The van der Waals surface area contributed by atoms with Gasteiger partial charge in [0.1, 0.15) is 5.76 Å². The van der Waals surface area contributed by atoms with Gasteiger partial charge in [-0.05, 0) is 37.8 Å². The minimum atomic E-state index is -0.869. The van der Waals surface area contributed by atoms with Crippen LogP contribution in [0.15, 0.2) is 22.8 Å². The van der Waals surface area contributed by atoms with Gasteiger partial charge in [-0.15, -0.1) is 0 Å². The summed E-state index contributed by atoms with van der Waals surface area (Å²) in [5.74, 6) is -1.05. The highest BCUT2D eigenvalue weighted by atomic mass is 16.4. The van der Waals surface area contributed by atoms with Crippen LogP contribution in [0.4, 0.5) is 0 Å². The monoisotopic (exact) mass is 279 g/mol. The molecule has 0 spiro atoms. The molecular formula is C15H21NO4. The molecule has 5 nitrogen and oxygen atoms in total. The molecule has 1 fully saturated rings. The summed E-state index contributed by atoms with van der Waals surface area (Å²) < 4.78 is 5.24. The van der Waals surface area contributed by atoms with Crippen LogP contribution in [0, 0.1) is 17.8 Å². The number of carbonyl (C=O) groups excluding carboxylic acids is 1. The number of aliphatic carboxylic acids is 1. The van der Waals surface area contributed by atoms with E-state index in [9.17, 15) is 14.7 Å². The van der Waals surface area contributed by atoms with E-state index >= 15 is 0 Å². The zero-order chi connectivity index (χ0) is 14.7. The van der Waals surface area contributed by atoms with Crippen molar-refractivity contribution in [2.75, 3.05) is 0 Å². The molecule has 0 saturated heterocycles. The van der Waals surface area contributed by atoms with E-state index in [0.29, 0.717) is 24.5 Å². The van der Waals surface area contributed by atoms with E-state index in [1.54, 1.807) is 18.4 Å². The van der Waals surface area contributed by atoms with Crippen LogP contribution >= 0.6 is 0 Å².